The van der Waals surface area contributed by atoms with Gasteiger partial charge in [-0.25, -0.2) is 0 Å². The van der Waals surface area contributed by atoms with Gasteiger partial charge >= 0.3 is 0 Å². The van der Waals surface area contributed by atoms with Gasteiger partial charge in [-0.1, -0.05) is 115 Å². The van der Waals surface area contributed by atoms with E-state index in [-0.39, 0.29) is 0 Å². The molecule has 0 aliphatic rings. The van der Waals surface area contributed by atoms with Crippen molar-refractivity contribution in [3.8, 4) is 28.1 Å². The van der Waals surface area contributed by atoms with Crippen LogP contribution in [-0.2, 0) is 0 Å². The topological polar surface area (TPSA) is 31.2 Å². The fraction of sp³-hybridized carbons (Fsp3) is 0. The van der Waals surface area contributed by atoms with Gasteiger partial charge in [-0.3, -0.25) is 0 Å². The third kappa shape index (κ3) is 3.73. The Labute approximate surface area is 280 Å². The van der Waals surface area contributed by atoms with Crippen molar-refractivity contribution in [3.05, 3.63) is 164 Å². The lowest BCUT2D eigenvalue weighted by atomic mass is 9.87. The molecular weight excluding hydrogens is 599 g/mol. The molecule has 3 nitrogen and oxygen atoms in total. The van der Waals surface area contributed by atoms with Gasteiger partial charge in [-0.05, 0) is 81.2 Å². The molecule has 0 fully saturated rings. The fourth-order valence-electron chi connectivity index (χ4n) is 8.09. The zero-order valence-electron chi connectivity index (χ0n) is 26.4. The molecule has 3 aromatic heterocycles. The minimum Gasteiger partial charge on any atom is -0.452 e. The number of para-hydroxylation sites is 3. The van der Waals surface area contributed by atoms with Gasteiger partial charge in [0.05, 0.1) is 11.0 Å². The summed E-state index contributed by atoms with van der Waals surface area (Å²) in [5.74, 6) is 0.836. The molecular formula is C46H27NO2. The zero-order chi connectivity index (χ0) is 32.1. The first-order valence-electron chi connectivity index (χ1n) is 16.7. The van der Waals surface area contributed by atoms with Crippen molar-refractivity contribution in [2.75, 3.05) is 0 Å². The molecule has 0 aliphatic carbocycles. The molecule has 0 atom stereocenters. The van der Waals surface area contributed by atoms with Crippen LogP contribution in [0.2, 0.25) is 0 Å². The summed E-state index contributed by atoms with van der Waals surface area (Å²) in [7, 11) is 0. The Balaban J connectivity index is 1.19. The van der Waals surface area contributed by atoms with Gasteiger partial charge in [0.25, 0.3) is 0 Å². The van der Waals surface area contributed by atoms with Crippen LogP contribution in [0.25, 0.3) is 104 Å². The van der Waals surface area contributed by atoms with Gasteiger partial charge in [0.15, 0.2) is 11.2 Å². The minimum absolute atomic E-state index is 0.779. The molecule has 0 amide bonds. The number of aromatic nitrogens is 1. The summed E-state index contributed by atoms with van der Waals surface area (Å²) in [5.41, 5.74) is 9.51. The quantitative estimate of drug-likeness (QED) is 0.183. The lowest BCUT2D eigenvalue weighted by Crippen LogP contribution is -1.93. The van der Waals surface area contributed by atoms with Gasteiger partial charge in [-0.2, -0.15) is 0 Å². The summed E-state index contributed by atoms with van der Waals surface area (Å²) in [6, 6.07) is 58.4. The maximum Gasteiger partial charge on any atom is 0.178 e. The minimum atomic E-state index is 0.779. The van der Waals surface area contributed by atoms with Crippen LogP contribution in [0.1, 0.15) is 0 Å². The standard InChI is InChI=1S/C46H27NO2/c1-2-12-30(13-3-1)47-39-20-10-8-14-31(39)38-26-28(23-25-40(38)47)43-33-16-4-6-18-35(33)44(36-19-7-5-17-34(36)43)42-27-29-22-24-37-32-15-9-11-21-41(32)48-46(37)45(29)49-42/h1-27H. The van der Waals surface area contributed by atoms with Gasteiger partial charge in [0, 0.05) is 38.2 Å². The molecule has 11 aromatic rings. The number of benzene rings is 8. The van der Waals surface area contributed by atoms with Crippen molar-refractivity contribution < 1.29 is 8.83 Å². The van der Waals surface area contributed by atoms with Crippen molar-refractivity contribution >= 4 is 76.3 Å². The second kappa shape index (κ2) is 9.96. The molecule has 0 bridgehead atoms. The molecule has 8 aromatic carbocycles. The highest BCUT2D eigenvalue weighted by Crippen LogP contribution is 2.47. The van der Waals surface area contributed by atoms with Crippen molar-refractivity contribution in [1.82, 2.24) is 4.57 Å². The van der Waals surface area contributed by atoms with E-state index in [2.05, 4.69) is 150 Å². The molecule has 0 aliphatic heterocycles. The van der Waals surface area contributed by atoms with E-state index in [1.807, 2.05) is 18.2 Å². The second-order valence-corrected chi connectivity index (χ2v) is 12.8. The van der Waals surface area contributed by atoms with Crippen molar-refractivity contribution in [1.29, 1.82) is 0 Å². The summed E-state index contributed by atoms with van der Waals surface area (Å²) >= 11 is 0. The average Bonchev–Trinajstić information content (AvgIpc) is 3.86. The summed E-state index contributed by atoms with van der Waals surface area (Å²) in [5, 5.41) is 10.4. The van der Waals surface area contributed by atoms with Crippen LogP contribution in [0.3, 0.4) is 0 Å². The Morgan fingerprint density at radius 3 is 1.73 bits per heavy atom. The van der Waals surface area contributed by atoms with Crippen molar-refractivity contribution in [3.63, 3.8) is 0 Å². The van der Waals surface area contributed by atoms with E-state index in [0.29, 0.717) is 0 Å². The molecule has 0 N–H and O–H groups in total. The summed E-state index contributed by atoms with van der Waals surface area (Å²) < 4.78 is 15.5. The predicted molar refractivity (Wildman–Crippen MR) is 204 cm³/mol. The summed E-state index contributed by atoms with van der Waals surface area (Å²) in [4.78, 5) is 0. The largest absolute Gasteiger partial charge is 0.452 e. The fourth-order valence-corrected chi connectivity index (χ4v) is 8.09. The number of hydrogen-bond donors (Lipinski definition) is 0. The molecule has 0 saturated carbocycles. The SMILES string of the molecule is c1ccc(-n2c3ccccc3c3cc(-c4c5ccccc5c(-c5cc6ccc7c8ccccc8oc7c6o5)c5ccccc45)ccc32)cc1. The Hall–Kier alpha value is -6.58. The summed E-state index contributed by atoms with van der Waals surface area (Å²) in [6.07, 6.45) is 0. The van der Waals surface area contributed by atoms with E-state index < -0.39 is 0 Å². The molecule has 0 unspecified atom stereocenters. The molecule has 228 valence electrons. The van der Waals surface area contributed by atoms with Gasteiger partial charge in [0.1, 0.15) is 11.3 Å². The monoisotopic (exact) mass is 625 g/mol. The first-order chi connectivity index (χ1) is 24.3. The highest BCUT2D eigenvalue weighted by atomic mass is 16.4. The van der Waals surface area contributed by atoms with E-state index in [0.717, 1.165) is 60.7 Å². The number of rotatable bonds is 3. The third-order valence-corrected chi connectivity index (χ3v) is 10.2. The Bertz CT molecular complexity index is 3050. The molecule has 0 saturated heterocycles. The first kappa shape index (κ1) is 26.5. The highest BCUT2D eigenvalue weighted by Gasteiger charge is 2.22. The number of nitrogens with zero attached hydrogens (tertiary/aromatic N) is 1. The van der Waals surface area contributed by atoms with Crippen LogP contribution in [0.15, 0.2) is 173 Å². The van der Waals surface area contributed by atoms with Crippen LogP contribution >= 0.6 is 0 Å². The Morgan fingerprint density at radius 2 is 0.980 bits per heavy atom. The van der Waals surface area contributed by atoms with E-state index >= 15 is 0 Å². The normalized spacial score (nSPS) is 12.1. The van der Waals surface area contributed by atoms with Crippen LogP contribution in [0, 0.1) is 0 Å². The van der Waals surface area contributed by atoms with Crippen molar-refractivity contribution in [2.24, 2.45) is 0 Å². The lowest BCUT2D eigenvalue weighted by Gasteiger charge is -2.16. The number of hydrogen-bond acceptors (Lipinski definition) is 2. The van der Waals surface area contributed by atoms with E-state index in [9.17, 15) is 0 Å². The molecule has 0 spiro atoms. The van der Waals surface area contributed by atoms with E-state index in [1.54, 1.807) is 0 Å². The predicted octanol–water partition coefficient (Wildman–Crippen LogP) is 13.1. The second-order valence-electron chi connectivity index (χ2n) is 12.8. The molecule has 11 rings (SSSR count). The smallest absolute Gasteiger partial charge is 0.178 e. The lowest BCUT2D eigenvalue weighted by molar-refractivity contribution is 0.612. The zero-order valence-corrected chi connectivity index (χ0v) is 26.4. The highest BCUT2D eigenvalue weighted by molar-refractivity contribution is 6.23. The van der Waals surface area contributed by atoms with Gasteiger partial charge < -0.3 is 13.4 Å². The Kier molecular flexibility index (Phi) is 5.38. The summed E-state index contributed by atoms with van der Waals surface area (Å²) in [6.45, 7) is 0. The van der Waals surface area contributed by atoms with Crippen LogP contribution in [0.5, 0.6) is 0 Å². The Morgan fingerprint density at radius 1 is 0.367 bits per heavy atom. The van der Waals surface area contributed by atoms with E-state index in [1.165, 1.54) is 43.7 Å². The van der Waals surface area contributed by atoms with Crippen molar-refractivity contribution in [2.45, 2.75) is 0 Å². The first-order valence-corrected chi connectivity index (χ1v) is 16.7. The van der Waals surface area contributed by atoms with Crippen LogP contribution in [0.4, 0.5) is 0 Å². The van der Waals surface area contributed by atoms with Gasteiger partial charge in [-0.15, -0.1) is 0 Å². The molecule has 3 heterocycles. The van der Waals surface area contributed by atoms with Crippen LogP contribution in [-0.4, -0.2) is 4.57 Å². The average molecular weight is 626 g/mol. The molecule has 3 heteroatoms. The maximum atomic E-state index is 6.81. The number of furan rings is 2. The number of fused-ring (bicyclic) bond motifs is 10. The molecule has 0 radical (unpaired) electrons. The van der Waals surface area contributed by atoms with Crippen LogP contribution < -0.4 is 0 Å². The molecule has 49 heavy (non-hydrogen) atoms. The third-order valence-electron chi connectivity index (χ3n) is 10.2. The van der Waals surface area contributed by atoms with E-state index in [4.69, 9.17) is 8.83 Å². The van der Waals surface area contributed by atoms with Gasteiger partial charge in [0.2, 0.25) is 0 Å². The maximum absolute atomic E-state index is 6.81.